The van der Waals surface area contributed by atoms with Crippen molar-refractivity contribution in [2.75, 3.05) is 5.75 Å². The fraction of sp³-hybridized carbons (Fsp3) is 0.818. The van der Waals surface area contributed by atoms with Crippen molar-refractivity contribution in [1.29, 1.82) is 0 Å². The summed E-state index contributed by atoms with van der Waals surface area (Å²) in [6.45, 7) is 0.420. The van der Waals surface area contributed by atoms with Gasteiger partial charge in [0.15, 0.2) is 15.7 Å². The summed E-state index contributed by atoms with van der Waals surface area (Å²) in [6, 6.07) is 0. The number of aromatic nitrogens is 3. The zero-order chi connectivity index (χ0) is 12.8. The van der Waals surface area contributed by atoms with Crippen molar-refractivity contribution >= 4 is 9.84 Å². The summed E-state index contributed by atoms with van der Waals surface area (Å²) in [4.78, 5) is 0. The molecule has 2 aliphatic rings. The van der Waals surface area contributed by atoms with E-state index in [1.165, 1.54) is 0 Å². The second-order valence-corrected chi connectivity index (χ2v) is 7.43. The molecule has 6 nitrogen and oxygen atoms in total. The van der Waals surface area contributed by atoms with Gasteiger partial charge in [-0.15, -0.1) is 10.2 Å². The Hall–Kier alpha value is -0.950. The summed E-state index contributed by atoms with van der Waals surface area (Å²) in [7, 11) is -3.10. The highest BCUT2D eigenvalue weighted by Crippen LogP contribution is 2.33. The van der Waals surface area contributed by atoms with Crippen molar-refractivity contribution in [3.63, 3.8) is 0 Å². The lowest BCUT2D eigenvalue weighted by Gasteiger charge is -2.25. The molecule has 3 heterocycles. The molecule has 1 aromatic rings. The zero-order valence-corrected chi connectivity index (χ0v) is 10.9. The Morgan fingerprint density at radius 2 is 2.06 bits per heavy atom. The highest BCUT2D eigenvalue weighted by atomic mass is 32.2. The molecule has 0 bridgehead atoms. The number of rotatable bonds is 1. The SMILES string of the molecule is O=S1(=O)CCCCC1c1nnc2n1CC(O)CC2. The molecule has 0 amide bonds. The summed E-state index contributed by atoms with van der Waals surface area (Å²) >= 11 is 0. The fourth-order valence-corrected chi connectivity index (χ4v) is 4.73. The molecule has 0 aromatic carbocycles. The second kappa shape index (κ2) is 4.31. The highest BCUT2D eigenvalue weighted by molar-refractivity contribution is 7.91. The second-order valence-electron chi connectivity index (χ2n) is 5.13. The molecular formula is C11H17N3O3S. The number of aryl methyl sites for hydroxylation is 1. The lowest BCUT2D eigenvalue weighted by Crippen LogP contribution is -2.29. The van der Waals surface area contributed by atoms with E-state index in [4.69, 9.17) is 0 Å². The molecule has 1 fully saturated rings. The van der Waals surface area contributed by atoms with Gasteiger partial charge in [0, 0.05) is 6.42 Å². The molecule has 0 aliphatic carbocycles. The summed E-state index contributed by atoms with van der Waals surface area (Å²) in [5.74, 6) is 1.57. The van der Waals surface area contributed by atoms with Gasteiger partial charge >= 0.3 is 0 Å². The number of nitrogens with zero attached hydrogens (tertiary/aromatic N) is 3. The monoisotopic (exact) mass is 271 g/mol. The van der Waals surface area contributed by atoms with Crippen molar-refractivity contribution in [2.45, 2.75) is 50.0 Å². The van der Waals surface area contributed by atoms with E-state index in [9.17, 15) is 13.5 Å². The average molecular weight is 271 g/mol. The Kier molecular flexibility index (Phi) is 2.90. The lowest BCUT2D eigenvalue weighted by atomic mass is 10.1. The van der Waals surface area contributed by atoms with Gasteiger partial charge in [0.1, 0.15) is 11.1 Å². The van der Waals surface area contributed by atoms with Gasteiger partial charge in [0.25, 0.3) is 0 Å². The summed E-state index contributed by atoms with van der Waals surface area (Å²) in [6.07, 6.45) is 3.20. The maximum Gasteiger partial charge on any atom is 0.160 e. The lowest BCUT2D eigenvalue weighted by molar-refractivity contribution is 0.129. The quantitative estimate of drug-likeness (QED) is 0.790. The van der Waals surface area contributed by atoms with Gasteiger partial charge in [0.2, 0.25) is 0 Å². The van der Waals surface area contributed by atoms with E-state index in [0.717, 1.165) is 18.7 Å². The molecule has 1 saturated heterocycles. The van der Waals surface area contributed by atoms with Crippen LogP contribution >= 0.6 is 0 Å². The van der Waals surface area contributed by atoms with Gasteiger partial charge < -0.3 is 9.67 Å². The van der Waals surface area contributed by atoms with E-state index >= 15 is 0 Å². The first kappa shape index (κ1) is 12.1. The number of hydrogen-bond donors (Lipinski definition) is 1. The molecule has 2 atom stereocenters. The summed E-state index contributed by atoms with van der Waals surface area (Å²) in [5.41, 5.74) is 0. The van der Waals surface area contributed by atoms with E-state index in [0.29, 0.717) is 31.6 Å². The molecule has 0 radical (unpaired) electrons. The highest BCUT2D eigenvalue weighted by Gasteiger charge is 2.36. The number of aliphatic hydroxyl groups is 1. The van der Waals surface area contributed by atoms with Gasteiger partial charge in [0.05, 0.1) is 18.4 Å². The van der Waals surface area contributed by atoms with Crippen molar-refractivity contribution in [2.24, 2.45) is 0 Å². The van der Waals surface area contributed by atoms with Crippen molar-refractivity contribution in [3.8, 4) is 0 Å². The third-order valence-corrected chi connectivity index (χ3v) is 5.99. The number of fused-ring (bicyclic) bond motifs is 1. The fourth-order valence-electron chi connectivity index (χ4n) is 2.81. The summed E-state index contributed by atoms with van der Waals surface area (Å²) < 4.78 is 26.0. The predicted molar refractivity (Wildman–Crippen MR) is 64.7 cm³/mol. The molecule has 3 rings (SSSR count). The molecule has 1 aromatic heterocycles. The smallest absolute Gasteiger partial charge is 0.160 e. The first-order valence-electron chi connectivity index (χ1n) is 6.39. The van der Waals surface area contributed by atoms with E-state index in [-0.39, 0.29) is 5.75 Å². The first-order valence-corrected chi connectivity index (χ1v) is 8.11. The molecule has 2 aliphatic heterocycles. The van der Waals surface area contributed by atoms with Gasteiger partial charge in [-0.05, 0) is 19.3 Å². The van der Waals surface area contributed by atoms with Gasteiger partial charge in [-0.2, -0.15) is 0 Å². The minimum absolute atomic E-state index is 0.239. The van der Waals surface area contributed by atoms with Crippen molar-refractivity contribution in [1.82, 2.24) is 14.8 Å². The molecule has 2 unspecified atom stereocenters. The van der Waals surface area contributed by atoms with Crippen LogP contribution in [-0.2, 0) is 22.8 Å². The van der Waals surface area contributed by atoms with Crippen LogP contribution in [0.15, 0.2) is 0 Å². The molecule has 0 spiro atoms. The number of hydrogen-bond acceptors (Lipinski definition) is 5. The van der Waals surface area contributed by atoms with Gasteiger partial charge in [-0.1, -0.05) is 6.42 Å². The van der Waals surface area contributed by atoms with Gasteiger partial charge in [-0.3, -0.25) is 0 Å². The average Bonchev–Trinajstić information content (AvgIpc) is 2.71. The third-order valence-electron chi connectivity index (χ3n) is 3.82. The topological polar surface area (TPSA) is 85.1 Å². The number of sulfone groups is 1. The Morgan fingerprint density at radius 3 is 2.83 bits per heavy atom. The first-order chi connectivity index (χ1) is 8.58. The van der Waals surface area contributed by atoms with Crippen LogP contribution in [0, 0.1) is 0 Å². The van der Waals surface area contributed by atoms with Crippen molar-refractivity contribution in [3.05, 3.63) is 11.6 Å². The summed E-state index contributed by atoms with van der Waals surface area (Å²) in [5, 5.41) is 17.3. The Balaban J connectivity index is 2.00. The molecule has 18 heavy (non-hydrogen) atoms. The van der Waals surface area contributed by atoms with E-state index in [2.05, 4.69) is 10.2 Å². The van der Waals surface area contributed by atoms with Crippen LogP contribution in [0.3, 0.4) is 0 Å². The van der Waals surface area contributed by atoms with Crippen LogP contribution in [0.2, 0.25) is 0 Å². The van der Waals surface area contributed by atoms with E-state index < -0.39 is 21.2 Å². The van der Waals surface area contributed by atoms with Crippen LogP contribution < -0.4 is 0 Å². The minimum atomic E-state index is -3.10. The van der Waals surface area contributed by atoms with Crippen LogP contribution in [-0.4, -0.2) is 40.1 Å². The third kappa shape index (κ3) is 1.95. The maximum absolute atomic E-state index is 12.1. The zero-order valence-electron chi connectivity index (χ0n) is 10.1. The minimum Gasteiger partial charge on any atom is -0.391 e. The Labute approximate surface area is 106 Å². The van der Waals surface area contributed by atoms with E-state index in [1.807, 2.05) is 4.57 Å². The van der Waals surface area contributed by atoms with Crippen LogP contribution in [0.1, 0.15) is 42.6 Å². The normalized spacial score (nSPS) is 30.9. The van der Waals surface area contributed by atoms with Gasteiger partial charge in [-0.25, -0.2) is 8.42 Å². The predicted octanol–water partition coefficient (Wildman–Crippen LogP) is 0.225. The Bertz CT molecular complexity index is 552. The number of aliphatic hydroxyl groups excluding tert-OH is 1. The molecule has 1 N–H and O–H groups in total. The Morgan fingerprint density at radius 1 is 1.22 bits per heavy atom. The van der Waals surface area contributed by atoms with Crippen LogP contribution in [0.4, 0.5) is 0 Å². The standard InChI is InChI=1S/C11H17N3O3S/c15-8-4-5-10-12-13-11(14(10)7-8)9-3-1-2-6-18(9,16)17/h8-9,15H,1-7H2. The van der Waals surface area contributed by atoms with Crippen LogP contribution in [0.5, 0.6) is 0 Å². The van der Waals surface area contributed by atoms with Crippen LogP contribution in [0.25, 0.3) is 0 Å². The molecule has 0 saturated carbocycles. The maximum atomic E-state index is 12.1. The molecule has 7 heteroatoms. The van der Waals surface area contributed by atoms with E-state index in [1.54, 1.807) is 0 Å². The van der Waals surface area contributed by atoms with Crippen molar-refractivity contribution < 1.29 is 13.5 Å². The largest absolute Gasteiger partial charge is 0.391 e. The molecule has 100 valence electrons. The molecular weight excluding hydrogens is 254 g/mol.